The first kappa shape index (κ1) is 21.7. The highest BCUT2D eigenvalue weighted by molar-refractivity contribution is 6.51. The van der Waals surface area contributed by atoms with Gasteiger partial charge in [0.2, 0.25) is 0 Å². The first-order valence-electron chi connectivity index (χ1n) is 10.2. The fourth-order valence-corrected chi connectivity index (χ4v) is 4.09. The topological polar surface area (TPSA) is 60.9 Å². The molecule has 1 heterocycles. The van der Waals surface area contributed by atoms with Gasteiger partial charge in [-0.2, -0.15) is 0 Å². The van der Waals surface area contributed by atoms with E-state index >= 15 is 0 Å². The lowest BCUT2D eigenvalue weighted by molar-refractivity contribution is -0.132. The summed E-state index contributed by atoms with van der Waals surface area (Å²) in [5.74, 6) is -1.62. The molecule has 1 amide bonds. The molecule has 1 aliphatic rings. The number of aliphatic hydroxyl groups is 1. The van der Waals surface area contributed by atoms with Crippen molar-refractivity contribution in [2.24, 2.45) is 0 Å². The fraction of sp³-hybridized carbons (Fsp3) is 0.154. The van der Waals surface area contributed by atoms with E-state index in [2.05, 4.69) is 0 Å². The third-order valence-corrected chi connectivity index (χ3v) is 5.94. The molecule has 1 unspecified atom stereocenters. The Hall–Kier alpha value is -3.57. The summed E-state index contributed by atoms with van der Waals surface area (Å²) in [4.78, 5) is 29.8. The Bertz CT molecular complexity index is 1210. The molecule has 0 saturated carbocycles. The molecule has 0 spiro atoms. The number of anilines is 2. The van der Waals surface area contributed by atoms with Gasteiger partial charge in [-0.25, -0.2) is 0 Å². The Balaban J connectivity index is 1.93. The zero-order chi connectivity index (χ0) is 23.0. The molecule has 32 heavy (non-hydrogen) atoms. The molecule has 0 aromatic heterocycles. The van der Waals surface area contributed by atoms with Crippen LogP contribution in [0.15, 0.2) is 78.4 Å². The molecule has 4 rings (SSSR count). The van der Waals surface area contributed by atoms with Crippen molar-refractivity contribution in [3.8, 4) is 0 Å². The second-order valence-corrected chi connectivity index (χ2v) is 8.38. The first-order chi connectivity index (χ1) is 15.3. The second-order valence-electron chi connectivity index (χ2n) is 7.94. The predicted molar refractivity (Wildman–Crippen MR) is 128 cm³/mol. The van der Waals surface area contributed by atoms with Crippen LogP contribution >= 0.6 is 11.6 Å². The minimum Gasteiger partial charge on any atom is -0.507 e. The van der Waals surface area contributed by atoms with E-state index in [-0.39, 0.29) is 11.3 Å². The molecule has 1 atom stereocenters. The molecule has 162 valence electrons. The normalized spacial score (nSPS) is 17.6. The van der Waals surface area contributed by atoms with E-state index < -0.39 is 17.7 Å². The van der Waals surface area contributed by atoms with Gasteiger partial charge in [0.1, 0.15) is 5.76 Å². The molecule has 1 saturated heterocycles. The Labute approximate surface area is 192 Å². The third-order valence-electron chi connectivity index (χ3n) is 5.69. The van der Waals surface area contributed by atoms with E-state index in [0.29, 0.717) is 16.3 Å². The van der Waals surface area contributed by atoms with Crippen LogP contribution in [-0.2, 0) is 9.59 Å². The molecule has 1 N–H and O–H groups in total. The van der Waals surface area contributed by atoms with Crippen LogP contribution in [0.2, 0.25) is 5.02 Å². The summed E-state index contributed by atoms with van der Waals surface area (Å²) in [5, 5.41) is 11.6. The van der Waals surface area contributed by atoms with Crippen LogP contribution in [0.25, 0.3) is 5.76 Å². The van der Waals surface area contributed by atoms with Crippen molar-refractivity contribution in [1.82, 2.24) is 0 Å². The first-order valence-corrected chi connectivity index (χ1v) is 10.6. The van der Waals surface area contributed by atoms with E-state index in [1.807, 2.05) is 74.4 Å². The van der Waals surface area contributed by atoms with Crippen LogP contribution in [0, 0.1) is 6.92 Å². The maximum atomic E-state index is 13.2. The van der Waals surface area contributed by atoms with Gasteiger partial charge in [0.05, 0.1) is 11.6 Å². The van der Waals surface area contributed by atoms with Crippen molar-refractivity contribution >= 4 is 40.4 Å². The number of carbonyl (C=O) groups excluding carboxylic acids is 2. The number of halogens is 1. The molecule has 0 radical (unpaired) electrons. The Morgan fingerprint density at radius 1 is 0.938 bits per heavy atom. The predicted octanol–water partition coefficient (Wildman–Crippen LogP) is 5.34. The van der Waals surface area contributed by atoms with Crippen LogP contribution < -0.4 is 9.80 Å². The Kier molecular flexibility index (Phi) is 5.76. The lowest BCUT2D eigenvalue weighted by Crippen LogP contribution is -2.29. The minimum atomic E-state index is -0.753. The van der Waals surface area contributed by atoms with Gasteiger partial charge in [-0.3, -0.25) is 14.5 Å². The zero-order valence-electron chi connectivity index (χ0n) is 18.0. The summed E-state index contributed by atoms with van der Waals surface area (Å²) >= 11 is 5.98. The molecule has 3 aromatic rings. The van der Waals surface area contributed by atoms with E-state index in [4.69, 9.17) is 11.6 Å². The lowest BCUT2D eigenvalue weighted by Gasteiger charge is -2.27. The number of ketones is 1. The second kappa shape index (κ2) is 8.52. The summed E-state index contributed by atoms with van der Waals surface area (Å²) < 4.78 is 0. The van der Waals surface area contributed by atoms with E-state index in [0.717, 1.165) is 16.8 Å². The quantitative estimate of drug-likeness (QED) is 0.334. The lowest BCUT2D eigenvalue weighted by atomic mass is 9.92. The smallest absolute Gasteiger partial charge is 0.300 e. The van der Waals surface area contributed by atoms with Crippen molar-refractivity contribution in [3.63, 3.8) is 0 Å². The van der Waals surface area contributed by atoms with Gasteiger partial charge in [0.25, 0.3) is 11.7 Å². The standard InChI is InChI=1S/C26H23ClN2O3/c1-16-6-4-5-7-21(16)23-22(24(30)17-8-10-18(27)11-9-17)25(31)26(32)29(23)20-14-12-19(13-15-20)28(2)3/h4-15,23,30H,1-3H3/b24-22+. The minimum absolute atomic E-state index is 0.0586. The number of benzene rings is 3. The maximum absolute atomic E-state index is 13.2. The SMILES string of the molecule is Cc1ccccc1C1/C(=C(\O)c2ccc(Cl)cc2)C(=O)C(=O)N1c1ccc(N(C)C)cc1. The molecule has 0 aliphatic carbocycles. The summed E-state index contributed by atoms with van der Waals surface area (Å²) in [7, 11) is 3.86. The number of rotatable bonds is 4. The largest absolute Gasteiger partial charge is 0.507 e. The molecule has 5 nitrogen and oxygen atoms in total. The number of hydrogen-bond donors (Lipinski definition) is 1. The van der Waals surface area contributed by atoms with Gasteiger partial charge in [-0.05, 0) is 66.6 Å². The van der Waals surface area contributed by atoms with Gasteiger partial charge >= 0.3 is 0 Å². The third kappa shape index (κ3) is 3.76. The molecule has 1 fully saturated rings. The van der Waals surface area contributed by atoms with E-state index in [1.165, 1.54) is 4.90 Å². The molecular formula is C26H23ClN2O3. The number of Topliss-reactive ketones (excluding diaryl/α,β-unsaturated/α-hetero) is 1. The highest BCUT2D eigenvalue weighted by Crippen LogP contribution is 2.43. The van der Waals surface area contributed by atoms with Crippen molar-refractivity contribution in [2.75, 3.05) is 23.9 Å². The van der Waals surface area contributed by atoms with Crippen molar-refractivity contribution < 1.29 is 14.7 Å². The van der Waals surface area contributed by atoms with E-state index in [1.54, 1.807) is 24.3 Å². The number of aliphatic hydroxyl groups excluding tert-OH is 1. The molecule has 0 bridgehead atoms. The van der Waals surface area contributed by atoms with Crippen LogP contribution in [0.4, 0.5) is 11.4 Å². The number of amides is 1. The number of hydrogen-bond acceptors (Lipinski definition) is 4. The highest BCUT2D eigenvalue weighted by Gasteiger charge is 2.47. The average molecular weight is 447 g/mol. The maximum Gasteiger partial charge on any atom is 0.300 e. The van der Waals surface area contributed by atoms with Gasteiger partial charge in [0, 0.05) is 36.1 Å². The highest BCUT2D eigenvalue weighted by atomic mass is 35.5. The molecule has 1 aliphatic heterocycles. The van der Waals surface area contributed by atoms with Crippen LogP contribution in [0.5, 0.6) is 0 Å². The van der Waals surface area contributed by atoms with Gasteiger partial charge in [-0.1, -0.05) is 35.9 Å². The van der Waals surface area contributed by atoms with Crippen molar-refractivity contribution in [1.29, 1.82) is 0 Å². The Morgan fingerprint density at radius 3 is 2.16 bits per heavy atom. The van der Waals surface area contributed by atoms with Crippen molar-refractivity contribution in [2.45, 2.75) is 13.0 Å². The summed E-state index contributed by atoms with van der Waals surface area (Å²) in [6.07, 6.45) is 0. The number of carbonyl (C=O) groups is 2. The van der Waals surface area contributed by atoms with Gasteiger partial charge < -0.3 is 10.0 Å². The van der Waals surface area contributed by atoms with Gasteiger partial charge in [-0.15, -0.1) is 0 Å². The number of aryl methyl sites for hydroxylation is 1. The summed E-state index contributed by atoms with van der Waals surface area (Å²) in [6, 6.07) is 20.7. The zero-order valence-corrected chi connectivity index (χ0v) is 18.8. The average Bonchev–Trinajstić information content (AvgIpc) is 3.04. The number of nitrogens with zero attached hydrogens (tertiary/aromatic N) is 2. The summed E-state index contributed by atoms with van der Waals surface area (Å²) in [6.45, 7) is 1.92. The van der Waals surface area contributed by atoms with Gasteiger partial charge in [0.15, 0.2) is 0 Å². The summed E-state index contributed by atoms with van der Waals surface area (Å²) in [5.41, 5.74) is 3.73. The van der Waals surface area contributed by atoms with Crippen LogP contribution in [0.1, 0.15) is 22.7 Å². The molecule has 3 aromatic carbocycles. The van der Waals surface area contributed by atoms with Crippen LogP contribution in [0.3, 0.4) is 0 Å². The Morgan fingerprint density at radius 2 is 1.56 bits per heavy atom. The van der Waals surface area contributed by atoms with E-state index in [9.17, 15) is 14.7 Å². The molecular weight excluding hydrogens is 424 g/mol. The fourth-order valence-electron chi connectivity index (χ4n) is 3.96. The monoisotopic (exact) mass is 446 g/mol. The van der Waals surface area contributed by atoms with Crippen LogP contribution in [-0.4, -0.2) is 30.9 Å². The molecule has 6 heteroatoms. The van der Waals surface area contributed by atoms with Crippen molar-refractivity contribution in [3.05, 3.63) is 100 Å².